The summed E-state index contributed by atoms with van der Waals surface area (Å²) in [5.41, 5.74) is 2.00. The van der Waals surface area contributed by atoms with E-state index in [0.29, 0.717) is 46.8 Å². The average molecular weight is 447 g/mol. The first-order valence-electron chi connectivity index (χ1n) is 13.6. The zero-order chi connectivity index (χ0) is 23.4. The van der Waals surface area contributed by atoms with Crippen LogP contribution in [-0.4, -0.2) is 35.6 Å². The molecule has 0 unspecified atom stereocenters. The number of rotatable bonds is 6. The number of aliphatic hydroxyl groups excluding tert-OH is 2. The Labute approximate surface area is 197 Å². The van der Waals surface area contributed by atoms with Crippen LogP contribution < -0.4 is 0 Å². The molecule has 4 rings (SSSR count). The van der Waals surface area contributed by atoms with Gasteiger partial charge in [0.05, 0.1) is 18.3 Å². The van der Waals surface area contributed by atoms with Crippen molar-refractivity contribution in [3.8, 4) is 0 Å². The van der Waals surface area contributed by atoms with Crippen LogP contribution in [0, 0.1) is 52.3 Å². The molecule has 3 fully saturated rings. The molecule has 3 nitrogen and oxygen atoms in total. The largest absolute Gasteiger partial charge is 0.393 e. The van der Waals surface area contributed by atoms with Gasteiger partial charge in [0.2, 0.25) is 0 Å². The summed E-state index contributed by atoms with van der Waals surface area (Å²) in [5, 5.41) is 21.5. The van der Waals surface area contributed by atoms with E-state index in [0.717, 1.165) is 25.7 Å². The second-order valence-electron chi connectivity index (χ2n) is 13.1. The van der Waals surface area contributed by atoms with Crippen molar-refractivity contribution < 1.29 is 14.9 Å². The van der Waals surface area contributed by atoms with Gasteiger partial charge in [-0.3, -0.25) is 0 Å². The van der Waals surface area contributed by atoms with Crippen LogP contribution in [0.5, 0.6) is 0 Å². The van der Waals surface area contributed by atoms with Gasteiger partial charge in [0.15, 0.2) is 0 Å². The molecule has 4 aliphatic carbocycles. The number of hydrogen-bond donors (Lipinski definition) is 2. The lowest BCUT2D eigenvalue weighted by atomic mass is 9.46. The highest BCUT2D eigenvalue weighted by Gasteiger charge is 2.61. The molecule has 184 valence electrons. The second-order valence-corrected chi connectivity index (χ2v) is 13.1. The van der Waals surface area contributed by atoms with E-state index < -0.39 is 0 Å². The van der Waals surface area contributed by atoms with Crippen molar-refractivity contribution >= 4 is 0 Å². The van der Waals surface area contributed by atoms with Crippen LogP contribution in [0.25, 0.3) is 0 Å². The predicted octanol–water partition coefficient (Wildman–Crippen LogP) is 6.23. The number of ether oxygens (including phenoxy) is 1. The van der Waals surface area contributed by atoms with E-state index in [-0.39, 0.29) is 23.7 Å². The van der Waals surface area contributed by atoms with E-state index in [9.17, 15) is 10.2 Å². The fourth-order valence-electron chi connectivity index (χ4n) is 8.87. The molecule has 0 bridgehead atoms. The van der Waals surface area contributed by atoms with Crippen molar-refractivity contribution in [2.24, 2.45) is 52.3 Å². The quantitative estimate of drug-likeness (QED) is 0.475. The van der Waals surface area contributed by atoms with E-state index >= 15 is 0 Å². The maximum Gasteiger partial charge on any atom is 0.0788 e. The van der Waals surface area contributed by atoms with Crippen LogP contribution >= 0.6 is 0 Å². The second kappa shape index (κ2) is 9.00. The van der Waals surface area contributed by atoms with Gasteiger partial charge in [-0.05, 0) is 104 Å². The summed E-state index contributed by atoms with van der Waals surface area (Å²) in [6.07, 6.45) is 11.1. The van der Waals surface area contributed by atoms with Crippen molar-refractivity contribution in [3.05, 3.63) is 11.6 Å². The molecule has 3 heteroatoms. The molecule has 0 amide bonds. The first-order valence-corrected chi connectivity index (χ1v) is 13.6. The molecule has 32 heavy (non-hydrogen) atoms. The highest BCUT2D eigenvalue weighted by atomic mass is 16.5. The molecule has 4 aliphatic rings. The molecule has 0 saturated heterocycles. The summed E-state index contributed by atoms with van der Waals surface area (Å²) in [4.78, 5) is 0. The number of aliphatic hydroxyl groups is 2. The highest BCUT2D eigenvalue weighted by molar-refractivity contribution is 5.28. The van der Waals surface area contributed by atoms with Gasteiger partial charge in [0.25, 0.3) is 0 Å². The van der Waals surface area contributed by atoms with E-state index in [2.05, 4.69) is 47.6 Å². The smallest absolute Gasteiger partial charge is 0.0788 e. The number of hydrogen-bond acceptors (Lipinski definition) is 3. The summed E-state index contributed by atoms with van der Waals surface area (Å²) in [7, 11) is 1.89. The lowest BCUT2D eigenvalue weighted by Crippen LogP contribution is -2.55. The third-order valence-electron chi connectivity index (χ3n) is 11.4. The first-order chi connectivity index (χ1) is 15.0. The molecule has 11 atom stereocenters. The third kappa shape index (κ3) is 3.93. The van der Waals surface area contributed by atoms with Crippen LogP contribution in [0.4, 0.5) is 0 Å². The molecule has 3 saturated carbocycles. The summed E-state index contributed by atoms with van der Waals surface area (Å²) in [5.74, 6) is 4.07. The Hall–Kier alpha value is -0.380. The minimum absolute atomic E-state index is 0.177. The Morgan fingerprint density at radius 2 is 1.75 bits per heavy atom. The van der Waals surface area contributed by atoms with E-state index in [1.165, 1.54) is 31.3 Å². The summed E-state index contributed by atoms with van der Waals surface area (Å²) < 4.78 is 6.16. The molecule has 0 aromatic rings. The van der Waals surface area contributed by atoms with Crippen molar-refractivity contribution in [1.29, 1.82) is 0 Å². The van der Waals surface area contributed by atoms with Gasteiger partial charge in [-0.15, -0.1) is 0 Å². The van der Waals surface area contributed by atoms with E-state index in [4.69, 9.17) is 4.74 Å². The van der Waals surface area contributed by atoms with E-state index in [1.807, 2.05) is 7.11 Å². The minimum atomic E-state index is -0.195. The Balaban J connectivity index is 1.58. The van der Waals surface area contributed by atoms with Crippen molar-refractivity contribution in [2.75, 3.05) is 7.11 Å². The van der Waals surface area contributed by atoms with Crippen LogP contribution in [0.15, 0.2) is 11.6 Å². The maximum atomic E-state index is 11.2. The molecule has 0 spiro atoms. The van der Waals surface area contributed by atoms with Gasteiger partial charge in [-0.1, -0.05) is 53.2 Å². The zero-order valence-electron chi connectivity index (χ0n) is 21.8. The lowest BCUT2D eigenvalue weighted by Gasteiger charge is -2.60. The van der Waals surface area contributed by atoms with Gasteiger partial charge in [-0.25, -0.2) is 0 Å². The van der Waals surface area contributed by atoms with E-state index in [1.54, 1.807) is 0 Å². The molecule has 0 aromatic carbocycles. The lowest BCUT2D eigenvalue weighted by molar-refractivity contribution is -0.111. The standard InChI is InChI=1S/C29H50O3/c1-17(2)18(3)14-25(31)19(4)22-8-9-23-27-24(11-13-29(22,23)6)28(5)12-10-21(30)15-20(28)16-26(27)32-7/h16-19,21-27,30-31H,8-15H2,1-7H3/t18-,19-,21-,22+,23-,24-,25+,26-,27-,28-,29+/m0/s1. The van der Waals surface area contributed by atoms with Gasteiger partial charge in [0.1, 0.15) is 0 Å². The fraction of sp³-hybridized carbons (Fsp3) is 0.931. The predicted molar refractivity (Wildman–Crippen MR) is 131 cm³/mol. The number of methoxy groups -OCH3 is 1. The first kappa shape index (κ1) is 24.7. The topological polar surface area (TPSA) is 49.7 Å². The summed E-state index contributed by atoms with van der Waals surface area (Å²) in [6.45, 7) is 14.2. The fourth-order valence-corrected chi connectivity index (χ4v) is 8.87. The normalized spacial score (nSPS) is 46.6. The van der Waals surface area contributed by atoms with Gasteiger partial charge < -0.3 is 14.9 Å². The Bertz CT molecular complexity index is 701. The van der Waals surface area contributed by atoms with Gasteiger partial charge >= 0.3 is 0 Å². The number of fused-ring (bicyclic) bond motifs is 5. The van der Waals surface area contributed by atoms with Crippen LogP contribution in [-0.2, 0) is 4.74 Å². The maximum absolute atomic E-state index is 11.2. The monoisotopic (exact) mass is 446 g/mol. The summed E-state index contributed by atoms with van der Waals surface area (Å²) in [6, 6.07) is 0. The molecule has 0 aromatic heterocycles. The Morgan fingerprint density at radius 3 is 2.41 bits per heavy atom. The molecule has 0 aliphatic heterocycles. The third-order valence-corrected chi connectivity index (χ3v) is 11.4. The summed E-state index contributed by atoms with van der Waals surface area (Å²) >= 11 is 0. The molecule has 0 heterocycles. The van der Waals surface area contributed by atoms with Gasteiger partial charge in [0, 0.05) is 7.11 Å². The minimum Gasteiger partial charge on any atom is -0.393 e. The van der Waals surface area contributed by atoms with Crippen LogP contribution in [0.3, 0.4) is 0 Å². The molecule has 0 radical (unpaired) electrons. The van der Waals surface area contributed by atoms with Crippen LogP contribution in [0.1, 0.15) is 92.9 Å². The molecular weight excluding hydrogens is 396 g/mol. The average Bonchev–Trinajstić information content (AvgIpc) is 3.10. The zero-order valence-corrected chi connectivity index (χ0v) is 21.8. The molecule has 2 N–H and O–H groups in total. The van der Waals surface area contributed by atoms with Crippen molar-refractivity contribution in [2.45, 2.75) is 111 Å². The highest BCUT2D eigenvalue weighted by Crippen LogP contribution is 2.67. The Morgan fingerprint density at radius 1 is 1.03 bits per heavy atom. The van der Waals surface area contributed by atoms with Crippen molar-refractivity contribution in [3.63, 3.8) is 0 Å². The Kier molecular flexibility index (Phi) is 6.96. The van der Waals surface area contributed by atoms with Crippen LogP contribution in [0.2, 0.25) is 0 Å². The SMILES string of the molecule is CO[C@H]1C=C2C[C@@H](O)CC[C@]2(C)[C@H]2CC[C@]3(C)[C@@H]([C@H](C)[C@H](O)C[C@H](C)C(C)C)CC[C@H]3[C@H]12. The van der Waals surface area contributed by atoms with Crippen molar-refractivity contribution in [1.82, 2.24) is 0 Å². The molecular formula is C29H50O3. The van der Waals surface area contributed by atoms with Gasteiger partial charge in [-0.2, -0.15) is 0 Å².